The number of hydrogen-bond donors (Lipinski definition) is 0. The molecule has 0 amide bonds. The molecule has 0 fully saturated rings. The third kappa shape index (κ3) is 5.15. The Morgan fingerprint density at radius 2 is 1.26 bits per heavy atom. The van der Waals surface area contributed by atoms with Crippen molar-refractivity contribution in [2.75, 3.05) is 0 Å². The lowest BCUT2D eigenvalue weighted by Gasteiger charge is -2.16. The Bertz CT molecular complexity index is 3500. The summed E-state index contributed by atoms with van der Waals surface area (Å²) in [4.78, 5) is 10.5. The summed E-state index contributed by atoms with van der Waals surface area (Å²) in [5.41, 5.74) is 11.4. The Hall–Kier alpha value is -7.56. The van der Waals surface area contributed by atoms with Gasteiger partial charge in [0.05, 0.1) is 22.4 Å². The van der Waals surface area contributed by atoms with Gasteiger partial charge in [-0.25, -0.2) is 9.97 Å². The normalized spacial score (nSPS) is 14.2. The molecule has 0 radical (unpaired) electrons. The lowest BCUT2D eigenvalue weighted by molar-refractivity contribution is 0.669. The monoisotopic (exact) mass is 741 g/mol. The van der Waals surface area contributed by atoms with Crippen LogP contribution in [0.2, 0.25) is 0 Å². The van der Waals surface area contributed by atoms with E-state index in [1.807, 2.05) is 6.07 Å². The average molecular weight is 742 g/mol. The summed E-state index contributed by atoms with van der Waals surface area (Å²) >= 11 is 0. The Balaban J connectivity index is 1.06. The van der Waals surface area contributed by atoms with Gasteiger partial charge in [-0.3, -0.25) is 0 Å². The van der Waals surface area contributed by atoms with Crippen molar-refractivity contribution in [1.82, 2.24) is 14.5 Å². The van der Waals surface area contributed by atoms with Gasteiger partial charge in [0.25, 0.3) is 0 Å². The van der Waals surface area contributed by atoms with E-state index in [0.717, 1.165) is 78.5 Å². The van der Waals surface area contributed by atoms with Crippen LogP contribution in [0.25, 0.3) is 105 Å². The highest BCUT2D eigenvalue weighted by Crippen LogP contribution is 2.44. The van der Waals surface area contributed by atoms with Crippen LogP contribution in [0, 0.1) is 0 Å². The van der Waals surface area contributed by atoms with Crippen LogP contribution < -0.4 is 0 Å². The van der Waals surface area contributed by atoms with Crippen LogP contribution in [0.15, 0.2) is 199 Å². The van der Waals surface area contributed by atoms with E-state index in [2.05, 4.69) is 193 Å². The van der Waals surface area contributed by atoms with E-state index in [9.17, 15) is 0 Å². The third-order valence-electron chi connectivity index (χ3n) is 11.9. The van der Waals surface area contributed by atoms with E-state index in [-0.39, 0.29) is 5.92 Å². The molecule has 58 heavy (non-hydrogen) atoms. The number of furan rings is 1. The minimum Gasteiger partial charge on any atom is -0.456 e. The van der Waals surface area contributed by atoms with Crippen LogP contribution in [0.1, 0.15) is 18.0 Å². The molecule has 0 saturated heterocycles. The average Bonchev–Trinajstić information content (AvgIpc) is 3.84. The standard InChI is InChI=1S/C54H35N3O/c1-3-15-34(16-4-1)46-33-47(35-17-5-2-6-18-35)56-54(55-46)43-26-14-28-50-53(43)52-42-25-10-9-23-40(42)44(32-51(52)58-50)38-21-13-22-39(29-38)57-48-27-12-11-24-41(48)45-30-36-19-7-8-20-37(36)31-49(45)57/h1-17,19-33,35H,18H2. The Labute approximate surface area is 334 Å². The molecule has 0 N–H and O–H groups in total. The predicted molar refractivity (Wildman–Crippen MR) is 241 cm³/mol. The highest BCUT2D eigenvalue weighted by molar-refractivity contribution is 6.25. The van der Waals surface area contributed by atoms with Crippen molar-refractivity contribution in [2.24, 2.45) is 0 Å². The molecule has 3 aromatic heterocycles. The molecule has 3 heterocycles. The minimum absolute atomic E-state index is 0.176. The smallest absolute Gasteiger partial charge is 0.160 e. The summed E-state index contributed by atoms with van der Waals surface area (Å²) in [6, 6.07) is 60.7. The first kappa shape index (κ1) is 32.7. The molecule has 0 saturated carbocycles. The molecule has 0 aliphatic heterocycles. The molecule has 1 aliphatic rings. The summed E-state index contributed by atoms with van der Waals surface area (Å²) in [7, 11) is 0. The van der Waals surface area contributed by atoms with Gasteiger partial charge >= 0.3 is 0 Å². The van der Waals surface area contributed by atoms with Gasteiger partial charge in [-0.05, 0) is 87.6 Å². The van der Waals surface area contributed by atoms with Gasteiger partial charge in [-0.15, -0.1) is 0 Å². The molecule has 272 valence electrons. The van der Waals surface area contributed by atoms with Crippen molar-refractivity contribution in [3.8, 4) is 39.5 Å². The van der Waals surface area contributed by atoms with Gasteiger partial charge in [-0.1, -0.05) is 146 Å². The van der Waals surface area contributed by atoms with Gasteiger partial charge < -0.3 is 8.98 Å². The van der Waals surface area contributed by atoms with Gasteiger partial charge in [0, 0.05) is 44.3 Å². The van der Waals surface area contributed by atoms with Gasteiger partial charge in [0.2, 0.25) is 0 Å². The van der Waals surface area contributed by atoms with E-state index in [0.29, 0.717) is 5.82 Å². The number of aromatic nitrogens is 3. The van der Waals surface area contributed by atoms with E-state index in [1.165, 1.54) is 32.6 Å². The Morgan fingerprint density at radius 1 is 0.500 bits per heavy atom. The maximum absolute atomic E-state index is 6.82. The molecule has 1 atom stereocenters. The lowest BCUT2D eigenvalue weighted by atomic mass is 9.93. The number of rotatable bonds is 5. The molecule has 8 aromatic carbocycles. The highest BCUT2D eigenvalue weighted by atomic mass is 16.3. The van der Waals surface area contributed by atoms with Crippen molar-refractivity contribution >= 4 is 65.3 Å². The first-order valence-corrected chi connectivity index (χ1v) is 19.9. The molecule has 11 aromatic rings. The molecule has 0 bridgehead atoms. The molecular weight excluding hydrogens is 707 g/mol. The minimum atomic E-state index is 0.176. The van der Waals surface area contributed by atoms with Crippen molar-refractivity contribution in [3.63, 3.8) is 0 Å². The van der Waals surface area contributed by atoms with E-state index in [1.54, 1.807) is 0 Å². The number of hydrogen-bond acceptors (Lipinski definition) is 3. The number of benzene rings is 8. The van der Waals surface area contributed by atoms with Crippen LogP contribution in [-0.4, -0.2) is 14.5 Å². The van der Waals surface area contributed by atoms with Crippen molar-refractivity contribution in [3.05, 3.63) is 200 Å². The number of fused-ring (bicyclic) bond motifs is 9. The van der Waals surface area contributed by atoms with Crippen LogP contribution in [0.4, 0.5) is 0 Å². The Morgan fingerprint density at radius 3 is 2.12 bits per heavy atom. The fraction of sp³-hybridized carbons (Fsp3) is 0.0370. The summed E-state index contributed by atoms with van der Waals surface area (Å²) in [6.45, 7) is 0. The zero-order valence-corrected chi connectivity index (χ0v) is 31.5. The summed E-state index contributed by atoms with van der Waals surface area (Å²) < 4.78 is 9.23. The van der Waals surface area contributed by atoms with Crippen molar-refractivity contribution in [2.45, 2.75) is 12.3 Å². The van der Waals surface area contributed by atoms with Crippen molar-refractivity contribution in [1.29, 1.82) is 0 Å². The number of allylic oxidation sites excluding steroid dienone is 4. The molecule has 4 nitrogen and oxygen atoms in total. The molecular formula is C54H35N3O. The summed E-state index contributed by atoms with van der Waals surface area (Å²) in [5, 5.41) is 9.37. The summed E-state index contributed by atoms with van der Waals surface area (Å²) in [6.07, 6.45) is 9.58. The summed E-state index contributed by atoms with van der Waals surface area (Å²) in [5.74, 6) is 0.878. The molecule has 1 unspecified atom stereocenters. The van der Waals surface area contributed by atoms with Crippen LogP contribution in [0.5, 0.6) is 0 Å². The highest BCUT2D eigenvalue weighted by Gasteiger charge is 2.22. The largest absolute Gasteiger partial charge is 0.456 e. The van der Waals surface area contributed by atoms with Crippen LogP contribution in [0.3, 0.4) is 0 Å². The van der Waals surface area contributed by atoms with Crippen LogP contribution in [-0.2, 0) is 0 Å². The first-order chi connectivity index (χ1) is 28.7. The van der Waals surface area contributed by atoms with E-state index in [4.69, 9.17) is 14.4 Å². The number of para-hydroxylation sites is 1. The van der Waals surface area contributed by atoms with E-state index < -0.39 is 0 Å². The van der Waals surface area contributed by atoms with E-state index >= 15 is 0 Å². The second-order valence-corrected chi connectivity index (χ2v) is 15.3. The SMILES string of the molecule is C1=CCC(c2cc(-c3ccccc3)nc(-c3cccc4oc5cc(-c6cccc(-n7c8ccccc8c8cc9ccccc9cc87)c6)c6ccccc6c5c34)n2)C=C1. The maximum Gasteiger partial charge on any atom is 0.160 e. The Kier molecular flexibility index (Phi) is 7.32. The molecule has 0 spiro atoms. The fourth-order valence-electron chi connectivity index (χ4n) is 9.18. The van der Waals surface area contributed by atoms with Gasteiger partial charge in [-0.2, -0.15) is 0 Å². The second kappa shape index (κ2) is 13.0. The molecule has 4 heteroatoms. The van der Waals surface area contributed by atoms with Gasteiger partial charge in [0.1, 0.15) is 11.2 Å². The topological polar surface area (TPSA) is 43.9 Å². The molecule has 12 rings (SSSR count). The zero-order valence-electron chi connectivity index (χ0n) is 31.5. The van der Waals surface area contributed by atoms with Crippen molar-refractivity contribution < 1.29 is 4.42 Å². The van der Waals surface area contributed by atoms with Crippen LogP contribution >= 0.6 is 0 Å². The fourth-order valence-corrected chi connectivity index (χ4v) is 9.18. The van der Waals surface area contributed by atoms with Gasteiger partial charge in [0.15, 0.2) is 5.82 Å². The zero-order chi connectivity index (χ0) is 38.2. The quantitative estimate of drug-likeness (QED) is 0.176. The second-order valence-electron chi connectivity index (χ2n) is 15.3. The number of nitrogens with zero attached hydrogens (tertiary/aromatic N) is 3. The third-order valence-corrected chi connectivity index (χ3v) is 11.9. The predicted octanol–water partition coefficient (Wildman–Crippen LogP) is 14.4. The molecule has 1 aliphatic carbocycles. The first-order valence-electron chi connectivity index (χ1n) is 19.9. The lowest BCUT2D eigenvalue weighted by Crippen LogP contribution is -2.04. The maximum atomic E-state index is 6.82.